The van der Waals surface area contributed by atoms with Crippen LogP contribution in [0, 0.1) is 5.82 Å². The Morgan fingerprint density at radius 1 is 0.947 bits per heavy atom. The van der Waals surface area contributed by atoms with Crippen molar-refractivity contribution in [1.82, 2.24) is 25.1 Å². The summed E-state index contributed by atoms with van der Waals surface area (Å²) in [6.07, 6.45) is 5.73. The van der Waals surface area contributed by atoms with Gasteiger partial charge in [-0.25, -0.2) is 9.37 Å². The van der Waals surface area contributed by atoms with Gasteiger partial charge in [0.25, 0.3) is 0 Å². The lowest BCUT2D eigenvalue weighted by molar-refractivity contribution is -0.116. The second-order valence-electron chi connectivity index (χ2n) is 9.24. The first-order valence-electron chi connectivity index (χ1n) is 12.6. The first-order chi connectivity index (χ1) is 18.6. The van der Waals surface area contributed by atoms with E-state index >= 15 is 0 Å². The van der Waals surface area contributed by atoms with Crippen LogP contribution in [0.4, 0.5) is 10.1 Å². The number of pyridine rings is 1. The number of carbonyl (C=O) groups excluding carboxylic acids is 1. The number of anilines is 1. The number of H-pyrrole nitrogens is 2. The first-order valence-corrected chi connectivity index (χ1v) is 12.6. The maximum absolute atomic E-state index is 13.9. The molecule has 0 fully saturated rings. The highest BCUT2D eigenvalue weighted by atomic mass is 19.1. The molecule has 7 nitrogen and oxygen atoms in total. The Morgan fingerprint density at radius 2 is 1.84 bits per heavy atom. The summed E-state index contributed by atoms with van der Waals surface area (Å²) < 4.78 is 13.9. The molecule has 0 aliphatic carbocycles. The molecule has 188 valence electrons. The van der Waals surface area contributed by atoms with Crippen molar-refractivity contribution >= 4 is 33.5 Å². The molecule has 0 saturated heterocycles. The Bertz CT molecular complexity index is 1790. The summed E-state index contributed by atoms with van der Waals surface area (Å²) in [5.74, 6) is 0.309. The van der Waals surface area contributed by atoms with Gasteiger partial charge in [-0.05, 0) is 53.9 Å². The fraction of sp³-hybridized carbons (Fsp3) is 0.133. The van der Waals surface area contributed by atoms with Crippen LogP contribution in [0.1, 0.15) is 26.2 Å². The zero-order chi connectivity index (χ0) is 26.1. The van der Waals surface area contributed by atoms with Crippen molar-refractivity contribution in [3.63, 3.8) is 0 Å². The number of nitrogens with one attached hydrogen (secondary N) is 3. The van der Waals surface area contributed by atoms with Crippen LogP contribution in [0.2, 0.25) is 0 Å². The number of nitrogens with zero attached hydrogens (tertiary/aromatic N) is 3. The summed E-state index contributed by atoms with van der Waals surface area (Å²) in [4.78, 5) is 24.8. The number of benzene rings is 3. The molecule has 6 aromatic rings. The van der Waals surface area contributed by atoms with Crippen LogP contribution in [-0.2, 0) is 4.79 Å². The van der Waals surface area contributed by atoms with Gasteiger partial charge in [-0.2, -0.15) is 5.10 Å². The number of para-hydroxylation sites is 1. The zero-order valence-corrected chi connectivity index (χ0v) is 20.8. The third-order valence-electron chi connectivity index (χ3n) is 6.55. The van der Waals surface area contributed by atoms with Crippen molar-refractivity contribution in [2.75, 3.05) is 5.32 Å². The third-order valence-corrected chi connectivity index (χ3v) is 6.55. The maximum Gasteiger partial charge on any atom is 0.224 e. The van der Waals surface area contributed by atoms with Gasteiger partial charge < -0.3 is 10.3 Å². The molecule has 0 radical (unpaired) electrons. The minimum atomic E-state index is -0.292. The minimum Gasteiger partial charge on any atom is -0.337 e. The lowest BCUT2D eigenvalue weighted by atomic mass is 10.0. The number of hydrogen-bond donors (Lipinski definition) is 3. The predicted octanol–water partition coefficient (Wildman–Crippen LogP) is 7.10. The fourth-order valence-electron chi connectivity index (χ4n) is 4.63. The standard InChI is InChI=1S/C30H25FN6O/c1-2-3-10-27(38)33-22-14-20(16-32-17-22)18-11-12-25-24(15-18)29(37-36-25)30-34-26-9-5-8-23(28(26)35-30)19-6-4-7-21(31)13-19/h4-9,11-17H,2-3,10H2,1H3,(H,33,38)(H,34,35)(H,36,37). The van der Waals surface area contributed by atoms with E-state index in [1.807, 2.05) is 48.5 Å². The Morgan fingerprint density at radius 3 is 2.71 bits per heavy atom. The minimum absolute atomic E-state index is 0.0131. The van der Waals surface area contributed by atoms with Crippen LogP contribution in [0.15, 0.2) is 79.1 Å². The molecular weight excluding hydrogens is 479 g/mol. The molecule has 0 atom stereocenters. The smallest absolute Gasteiger partial charge is 0.224 e. The van der Waals surface area contributed by atoms with E-state index in [4.69, 9.17) is 4.98 Å². The number of hydrogen-bond acceptors (Lipinski definition) is 4. The molecule has 3 aromatic heterocycles. The Balaban J connectivity index is 1.37. The quantitative estimate of drug-likeness (QED) is 0.216. The van der Waals surface area contributed by atoms with Crippen molar-refractivity contribution in [3.05, 3.63) is 84.9 Å². The molecule has 0 spiro atoms. The average molecular weight is 505 g/mol. The number of imidazole rings is 1. The van der Waals surface area contributed by atoms with Crippen molar-refractivity contribution < 1.29 is 9.18 Å². The summed E-state index contributed by atoms with van der Waals surface area (Å²) in [6.45, 7) is 2.06. The second kappa shape index (κ2) is 9.89. The van der Waals surface area contributed by atoms with Gasteiger partial charge in [0.2, 0.25) is 5.91 Å². The van der Waals surface area contributed by atoms with Crippen LogP contribution < -0.4 is 5.32 Å². The summed E-state index contributed by atoms with van der Waals surface area (Å²) >= 11 is 0. The van der Waals surface area contributed by atoms with E-state index in [0.717, 1.165) is 57.0 Å². The van der Waals surface area contributed by atoms with E-state index in [9.17, 15) is 9.18 Å². The number of aromatic nitrogens is 5. The topological polar surface area (TPSA) is 99.3 Å². The van der Waals surface area contributed by atoms with Gasteiger partial charge >= 0.3 is 0 Å². The monoisotopic (exact) mass is 504 g/mol. The van der Waals surface area contributed by atoms with Crippen LogP contribution in [0.3, 0.4) is 0 Å². The van der Waals surface area contributed by atoms with Gasteiger partial charge in [0.05, 0.1) is 28.4 Å². The molecule has 8 heteroatoms. The Labute approximate surface area is 218 Å². The van der Waals surface area contributed by atoms with Crippen molar-refractivity contribution in [1.29, 1.82) is 0 Å². The van der Waals surface area contributed by atoms with Crippen molar-refractivity contribution in [3.8, 4) is 33.8 Å². The number of halogens is 1. The van der Waals surface area contributed by atoms with Crippen LogP contribution in [0.5, 0.6) is 0 Å². The lowest BCUT2D eigenvalue weighted by Gasteiger charge is -2.07. The predicted molar refractivity (Wildman–Crippen MR) is 148 cm³/mol. The first kappa shape index (κ1) is 23.5. The molecule has 0 aliphatic heterocycles. The van der Waals surface area contributed by atoms with Crippen molar-refractivity contribution in [2.45, 2.75) is 26.2 Å². The number of fused-ring (bicyclic) bond motifs is 2. The lowest BCUT2D eigenvalue weighted by Crippen LogP contribution is -2.11. The largest absolute Gasteiger partial charge is 0.337 e. The SMILES string of the molecule is CCCCC(=O)Nc1cncc(-c2ccc3[nH]nc(-c4nc5c(-c6cccc(F)c6)cccc5[nH]4)c3c2)c1. The molecule has 1 amide bonds. The Kier molecular flexibility index (Phi) is 6.13. The third kappa shape index (κ3) is 4.52. The number of rotatable bonds is 7. The number of amides is 1. The zero-order valence-electron chi connectivity index (χ0n) is 20.8. The molecule has 0 bridgehead atoms. The van der Waals surface area contributed by atoms with E-state index in [0.29, 0.717) is 23.6 Å². The molecule has 6 rings (SSSR count). The highest BCUT2D eigenvalue weighted by Gasteiger charge is 2.16. The molecule has 38 heavy (non-hydrogen) atoms. The van der Waals surface area contributed by atoms with Gasteiger partial charge in [0.1, 0.15) is 11.5 Å². The van der Waals surface area contributed by atoms with E-state index in [1.54, 1.807) is 18.5 Å². The van der Waals surface area contributed by atoms with E-state index in [2.05, 4.69) is 32.4 Å². The van der Waals surface area contributed by atoms with E-state index in [1.165, 1.54) is 12.1 Å². The van der Waals surface area contributed by atoms with E-state index in [-0.39, 0.29) is 11.7 Å². The summed E-state index contributed by atoms with van der Waals surface area (Å²) in [5, 5.41) is 11.5. The highest BCUT2D eigenvalue weighted by Crippen LogP contribution is 2.33. The average Bonchev–Trinajstić information content (AvgIpc) is 3.55. The number of aromatic amines is 2. The second-order valence-corrected chi connectivity index (χ2v) is 9.24. The molecular formula is C30H25FN6O. The molecule has 0 saturated carbocycles. The van der Waals surface area contributed by atoms with E-state index < -0.39 is 0 Å². The van der Waals surface area contributed by atoms with Gasteiger partial charge in [0.15, 0.2) is 5.82 Å². The molecule has 0 aliphatic rings. The number of unbranched alkanes of at least 4 members (excludes halogenated alkanes) is 1. The van der Waals surface area contributed by atoms with Gasteiger partial charge in [-0.15, -0.1) is 0 Å². The Hall–Kier alpha value is -4.85. The van der Waals surface area contributed by atoms with Crippen molar-refractivity contribution in [2.24, 2.45) is 0 Å². The molecule has 0 unspecified atom stereocenters. The van der Waals surface area contributed by atoms with Crippen LogP contribution in [0.25, 0.3) is 55.7 Å². The van der Waals surface area contributed by atoms with Gasteiger partial charge in [-0.1, -0.05) is 43.7 Å². The highest BCUT2D eigenvalue weighted by molar-refractivity contribution is 5.98. The molecule has 3 aromatic carbocycles. The normalized spacial score (nSPS) is 11.3. The maximum atomic E-state index is 13.9. The van der Waals surface area contributed by atoms with Gasteiger partial charge in [-0.3, -0.25) is 14.9 Å². The van der Waals surface area contributed by atoms with Crippen LogP contribution >= 0.6 is 0 Å². The van der Waals surface area contributed by atoms with Gasteiger partial charge in [0, 0.05) is 29.1 Å². The summed E-state index contributed by atoms with van der Waals surface area (Å²) in [6, 6.07) is 20.2. The molecule has 3 heterocycles. The molecule has 3 N–H and O–H groups in total. The van der Waals surface area contributed by atoms with Crippen LogP contribution in [-0.4, -0.2) is 31.1 Å². The fourth-order valence-corrected chi connectivity index (χ4v) is 4.63. The summed E-state index contributed by atoms with van der Waals surface area (Å²) in [5.41, 5.74) is 7.22. The number of carbonyl (C=O) groups is 1. The summed E-state index contributed by atoms with van der Waals surface area (Å²) in [7, 11) is 0.